The molecule has 0 bridgehead atoms. The maximum atomic E-state index is 11.9. The number of carbonyl (C=O) groups excluding carboxylic acids is 1. The first-order valence-electron chi connectivity index (χ1n) is 5.60. The number of amides is 1. The zero-order valence-corrected chi connectivity index (χ0v) is 9.39. The van der Waals surface area contributed by atoms with Gasteiger partial charge in [0.2, 0.25) is 5.76 Å². The largest absolute Gasteiger partial charge is 0.494 e. The number of ether oxygens (including phenoxy) is 2. The highest BCUT2D eigenvalue weighted by atomic mass is 16.6. The van der Waals surface area contributed by atoms with Gasteiger partial charge in [0.15, 0.2) is 0 Å². The van der Waals surface area contributed by atoms with Crippen LogP contribution in [0.4, 0.5) is 0 Å². The van der Waals surface area contributed by atoms with Crippen molar-refractivity contribution in [1.29, 1.82) is 0 Å². The Morgan fingerprint density at radius 3 is 3.00 bits per heavy atom. The van der Waals surface area contributed by atoms with Gasteiger partial charge in [-0.3, -0.25) is 4.79 Å². The molecule has 0 spiro atoms. The summed E-state index contributed by atoms with van der Waals surface area (Å²) in [6, 6.07) is 0. The molecular weight excluding hydrogens is 210 g/mol. The SMILES string of the molecule is CC(O)C1CCN(C(=O)C2=COCCO2)C1. The quantitative estimate of drug-likeness (QED) is 0.727. The monoisotopic (exact) mass is 227 g/mol. The van der Waals surface area contributed by atoms with E-state index in [0.29, 0.717) is 26.3 Å². The summed E-state index contributed by atoms with van der Waals surface area (Å²) in [6.07, 6.45) is 1.86. The van der Waals surface area contributed by atoms with Gasteiger partial charge < -0.3 is 19.5 Å². The molecule has 0 aromatic heterocycles. The van der Waals surface area contributed by atoms with Gasteiger partial charge in [0.25, 0.3) is 5.91 Å². The fourth-order valence-electron chi connectivity index (χ4n) is 2.00. The number of hydrogen-bond donors (Lipinski definition) is 1. The van der Waals surface area contributed by atoms with Crippen LogP contribution in [-0.4, -0.2) is 48.3 Å². The number of likely N-dealkylation sites (tertiary alicyclic amines) is 1. The molecular formula is C11H17NO4. The molecule has 1 amide bonds. The molecule has 2 atom stereocenters. The Balaban J connectivity index is 1.93. The first-order chi connectivity index (χ1) is 7.68. The summed E-state index contributed by atoms with van der Waals surface area (Å²) in [4.78, 5) is 13.6. The zero-order chi connectivity index (χ0) is 11.5. The van der Waals surface area contributed by atoms with Crippen molar-refractivity contribution in [2.45, 2.75) is 19.4 Å². The molecule has 1 N–H and O–H groups in total. The van der Waals surface area contributed by atoms with Crippen molar-refractivity contribution in [3.8, 4) is 0 Å². The van der Waals surface area contributed by atoms with Crippen LogP contribution in [0.15, 0.2) is 12.0 Å². The van der Waals surface area contributed by atoms with Crippen molar-refractivity contribution in [1.82, 2.24) is 4.90 Å². The highest BCUT2D eigenvalue weighted by molar-refractivity contribution is 5.91. The number of carbonyl (C=O) groups is 1. The van der Waals surface area contributed by atoms with Crippen LogP contribution in [0.3, 0.4) is 0 Å². The summed E-state index contributed by atoms with van der Waals surface area (Å²) in [5, 5.41) is 9.45. The van der Waals surface area contributed by atoms with E-state index in [1.54, 1.807) is 11.8 Å². The number of aliphatic hydroxyl groups excluding tert-OH is 1. The fourth-order valence-corrected chi connectivity index (χ4v) is 2.00. The van der Waals surface area contributed by atoms with Crippen LogP contribution in [0.1, 0.15) is 13.3 Å². The Morgan fingerprint density at radius 1 is 1.62 bits per heavy atom. The summed E-state index contributed by atoms with van der Waals surface area (Å²) in [7, 11) is 0. The summed E-state index contributed by atoms with van der Waals surface area (Å²) >= 11 is 0. The molecule has 5 heteroatoms. The van der Waals surface area contributed by atoms with Gasteiger partial charge in [-0.2, -0.15) is 0 Å². The minimum Gasteiger partial charge on any atom is -0.494 e. The van der Waals surface area contributed by atoms with E-state index in [1.807, 2.05) is 0 Å². The minimum atomic E-state index is -0.365. The molecule has 16 heavy (non-hydrogen) atoms. The predicted octanol–water partition coefficient (Wildman–Crippen LogP) is 0.104. The molecule has 0 radical (unpaired) electrons. The maximum Gasteiger partial charge on any atom is 0.292 e. The van der Waals surface area contributed by atoms with Gasteiger partial charge in [0, 0.05) is 19.0 Å². The molecule has 2 heterocycles. The Kier molecular flexibility index (Phi) is 3.33. The van der Waals surface area contributed by atoms with Crippen molar-refractivity contribution < 1.29 is 19.4 Å². The van der Waals surface area contributed by atoms with Crippen LogP contribution in [0, 0.1) is 5.92 Å². The third-order valence-corrected chi connectivity index (χ3v) is 3.05. The van der Waals surface area contributed by atoms with Crippen LogP contribution in [0.5, 0.6) is 0 Å². The number of aliphatic hydroxyl groups is 1. The predicted molar refractivity (Wildman–Crippen MR) is 56.4 cm³/mol. The number of rotatable bonds is 2. The zero-order valence-electron chi connectivity index (χ0n) is 9.39. The van der Waals surface area contributed by atoms with Crippen molar-refractivity contribution in [2.75, 3.05) is 26.3 Å². The fraction of sp³-hybridized carbons (Fsp3) is 0.727. The van der Waals surface area contributed by atoms with Crippen LogP contribution in [-0.2, 0) is 14.3 Å². The molecule has 2 rings (SSSR count). The maximum absolute atomic E-state index is 11.9. The molecule has 90 valence electrons. The second kappa shape index (κ2) is 4.74. The van der Waals surface area contributed by atoms with Gasteiger partial charge in [-0.25, -0.2) is 0 Å². The normalized spacial score (nSPS) is 26.8. The van der Waals surface area contributed by atoms with E-state index in [-0.39, 0.29) is 23.7 Å². The molecule has 0 saturated carbocycles. The van der Waals surface area contributed by atoms with Crippen LogP contribution in [0.25, 0.3) is 0 Å². The number of nitrogens with zero attached hydrogens (tertiary/aromatic N) is 1. The van der Waals surface area contributed by atoms with E-state index >= 15 is 0 Å². The van der Waals surface area contributed by atoms with E-state index < -0.39 is 0 Å². The third kappa shape index (κ3) is 2.29. The summed E-state index contributed by atoms with van der Waals surface area (Å²) < 4.78 is 10.3. The Labute approximate surface area is 94.6 Å². The van der Waals surface area contributed by atoms with Crippen LogP contribution in [0.2, 0.25) is 0 Å². The Hall–Kier alpha value is -1.23. The molecule has 1 fully saturated rings. The lowest BCUT2D eigenvalue weighted by Crippen LogP contribution is -2.33. The first kappa shape index (κ1) is 11.3. The van der Waals surface area contributed by atoms with Gasteiger partial charge in [0.05, 0.1) is 6.10 Å². The first-order valence-corrected chi connectivity index (χ1v) is 5.60. The lowest BCUT2D eigenvalue weighted by molar-refractivity contribution is -0.131. The number of hydrogen-bond acceptors (Lipinski definition) is 4. The molecule has 1 saturated heterocycles. The van der Waals surface area contributed by atoms with Crippen molar-refractivity contribution in [3.05, 3.63) is 12.0 Å². The molecule has 5 nitrogen and oxygen atoms in total. The topological polar surface area (TPSA) is 59.0 Å². The van der Waals surface area contributed by atoms with Crippen molar-refractivity contribution in [3.63, 3.8) is 0 Å². The van der Waals surface area contributed by atoms with Gasteiger partial charge >= 0.3 is 0 Å². The lowest BCUT2D eigenvalue weighted by atomic mass is 10.0. The minimum absolute atomic E-state index is 0.136. The smallest absolute Gasteiger partial charge is 0.292 e. The van der Waals surface area contributed by atoms with E-state index in [2.05, 4.69) is 0 Å². The van der Waals surface area contributed by atoms with Gasteiger partial charge in [-0.1, -0.05) is 0 Å². The molecule has 2 unspecified atom stereocenters. The van der Waals surface area contributed by atoms with Crippen molar-refractivity contribution >= 4 is 5.91 Å². The molecule has 0 aromatic rings. The van der Waals surface area contributed by atoms with Crippen molar-refractivity contribution in [2.24, 2.45) is 5.92 Å². The van der Waals surface area contributed by atoms with E-state index in [0.717, 1.165) is 6.42 Å². The van der Waals surface area contributed by atoms with Gasteiger partial charge in [-0.05, 0) is 13.3 Å². The average molecular weight is 227 g/mol. The Morgan fingerprint density at radius 2 is 2.44 bits per heavy atom. The summed E-state index contributed by atoms with van der Waals surface area (Å²) in [6.45, 7) is 3.95. The second-order valence-corrected chi connectivity index (χ2v) is 4.24. The van der Waals surface area contributed by atoms with E-state index in [9.17, 15) is 9.90 Å². The van der Waals surface area contributed by atoms with Gasteiger partial charge in [-0.15, -0.1) is 0 Å². The molecule has 2 aliphatic rings. The Bertz CT molecular complexity index is 300. The lowest BCUT2D eigenvalue weighted by Gasteiger charge is -2.21. The second-order valence-electron chi connectivity index (χ2n) is 4.24. The molecule has 0 aliphatic carbocycles. The van der Waals surface area contributed by atoms with Crippen LogP contribution >= 0.6 is 0 Å². The third-order valence-electron chi connectivity index (χ3n) is 3.05. The highest BCUT2D eigenvalue weighted by Crippen LogP contribution is 2.21. The summed E-state index contributed by atoms with van der Waals surface area (Å²) in [5.74, 6) is 0.314. The standard InChI is InChI=1S/C11H17NO4/c1-8(13)9-2-3-12(6-9)11(14)10-7-15-4-5-16-10/h7-9,13H,2-6H2,1H3. The average Bonchev–Trinajstić information content (AvgIpc) is 2.78. The van der Waals surface area contributed by atoms with Crippen LogP contribution < -0.4 is 0 Å². The molecule has 2 aliphatic heterocycles. The van der Waals surface area contributed by atoms with E-state index in [1.165, 1.54) is 6.26 Å². The van der Waals surface area contributed by atoms with E-state index in [4.69, 9.17) is 9.47 Å². The highest BCUT2D eigenvalue weighted by Gasteiger charge is 2.31. The summed E-state index contributed by atoms with van der Waals surface area (Å²) in [5.41, 5.74) is 0. The molecule has 0 aromatic carbocycles. The van der Waals surface area contributed by atoms with Gasteiger partial charge in [0.1, 0.15) is 19.5 Å².